The van der Waals surface area contributed by atoms with Crippen LogP contribution >= 0.6 is 11.8 Å². The Morgan fingerprint density at radius 2 is 2.04 bits per heavy atom. The molecule has 1 aromatic carbocycles. The standard InChI is InChI=1S/C19H19N5O2S/c1-12-15(13(2)24(22-12)14-6-4-3-5-7-14)10-20-17(25)16-11-21-19-23(18(16)26)8-9-27-19/h3-7,11H,8-10H2,1-2H3,(H,20,25). The minimum atomic E-state index is -0.411. The molecule has 1 aliphatic rings. The number of nitrogens with zero attached hydrogens (tertiary/aromatic N) is 4. The number of rotatable bonds is 4. The highest BCUT2D eigenvalue weighted by atomic mass is 32.2. The molecule has 0 bridgehead atoms. The third-order valence-electron chi connectivity index (χ3n) is 4.67. The summed E-state index contributed by atoms with van der Waals surface area (Å²) in [5, 5.41) is 8.10. The third-order valence-corrected chi connectivity index (χ3v) is 5.64. The van der Waals surface area contributed by atoms with Gasteiger partial charge in [0, 0.05) is 36.3 Å². The van der Waals surface area contributed by atoms with E-state index in [1.807, 2.05) is 48.9 Å². The lowest BCUT2D eigenvalue weighted by atomic mass is 10.2. The molecule has 0 fully saturated rings. The number of hydrogen-bond acceptors (Lipinski definition) is 5. The monoisotopic (exact) mass is 381 g/mol. The normalized spacial score (nSPS) is 12.8. The van der Waals surface area contributed by atoms with Crippen LogP contribution in [0.3, 0.4) is 0 Å². The van der Waals surface area contributed by atoms with Crippen molar-refractivity contribution in [3.05, 3.63) is 69.4 Å². The number of para-hydroxylation sites is 1. The van der Waals surface area contributed by atoms with Crippen molar-refractivity contribution in [3.8, 4) is 5.69 Å². The van der Waals surface area contributed by atoms with Crippen LogP contribution in [0.4, 0.5) is 0 Å². The van der Waals surface area contributed by atoms with Gasteiger partial charge in [-0.25, -0.2) is 9.67 Å². The first-order chi connectivity index (χ1) is 13.1. The fraction of sp³-hybridized carbons (Fsp3) is 0.263. The highest BCUT2D eigenvalue weighted by Gasteiger charge is 2.20. The van der Waals surface area contributed by atoms with Gasteiger partial charge >= 0.3 is 0 Å². The molecule has 1 amide bonds. The van der Waals surface area contributed by atoms with Gasteiger partial charge in [-0.1, -0.05) is 30.0 Å². The Morgan fingerprint density at radius 3 is 2.81 bits per heavy atom. The van der Waals surface area contributed by atoms with Crippen molar-refractivity contribution >= 4 is 17.7 Å². The molecule has 2 aromatic heterocycles. The molecule has 0 unspecified atom stereocenters. The van der Waals surface area contributed by atoms with E-state index in [4.69, 9.17) is 0 Å². The zero-order valence-electron chi connectivity index (χ0n) is 15.1. The van der Waals surface area contributed by atoms with E-state index in [0.717, 1.165) is 28.4 Å². The maximum Gasteiger partial charge on any atom is 0.267 e. The summed E-state index contributed by atoms with van der Waals surface area (Å²) < 4.78 is 3.42. The number of benzene rings is 1. The molecule has 0 aliphatic carbocycles. The number of aromatic nitrogens is 4. The highest BCUT2D eigenvalue weighted by molar-refractivity contribution is 7.99. The quantitative estimate of drug-likeness (QED) is 0.700. The van der Waals surface area contributed by atoms with Crippen molar-refractivity contribution in [2.24, 2.45) is 0 Å². The molecule has 138 valence electrons. The second kappa shape index (κ2) is 7.03. The molecular weight excluding hydrogens is 362 g/mol. The van der Waals surface area contributed by atoms with Crippen molar-refractivity contribution in [1.29, 1.82) is 0 Å². The first-order valence-corrected chi connectivity index (χ1v) is 9.66. The average molecular weight is 381 g/mol. The molecule has 4 rings (SSSR count). The smallest absolute Gasteiger partial charge is 0.267 e. The second-order valence-corrected chi connectivity index (χ2v) is 7.40. The number of nitrogens with one attached hydrogen (secondary N) is 1. The molecular formula is C19H19N5O2S. The van der Waals surface area contributed by atoms with E-state index in [2.05, 4.69) is 15.4 Å². The van der Waals surface area contributed by atoms with Crippen LogP contribution in [0.25, 0.3) is 5.69 Å². The Morgan fingerprint density at radius 1 is 1.26 bits per heavy atom. The number of carbonyl (C=O) groups is 1. The minimum Gasteiger partial charge on any atom is -0.348 e. The molecule has 7 nitrogen and oxygen atoms in total. The Kier molecular flexibility index (Phi) is 4.57. The van der Waals surface area contributed by atoms with Crippen LogP contribution < -0.4 is 10.9 Å². The summed E-state index contributed by atoms with van der Waals surface area (Å²) in [6, 6.07) is 9.84. The van der Waals surface area contributed by atoms with Gasteiger partial charge in [-0.3, -0.25) is 14.2 Å². The minimum absolute atomic E-state index is 0.0759. The van der Waals surface area contributed by atoms with E-state index in [-0.39, 0.29) is 11.1 Å². The zero-order valence-corrected chi connectivity index (χ0v) is 15.9. The summed E-state index contributed by atoms with van der Waals surface area (Å²) in [5.74, 6) is 0.399. The van der Waals surface area contributed by atoms with Crippen molar-refractivity contribution in [2.45, 2.75) is 32.1 Å². The summed E-state index contributed by atoms with van der Waals surface area (Å²) in [7, 11) is 0. The topological polar surface area (TPSA) is 81.8 Å². The van der Waals surface area contributed by atoms with Gasteiger partial charge in [0.05, 0.1) is 11.4 Å². The van der Waals surface area contributed by atoms with Crippen LogP contribution in [-0.2, 0) is 13.1 Å². The molecule has 0 atom stereocenters. The van der Waals surface area contributed by atoms with Crippen LogP contribution in [0.2, 0.25) is 0 Å². The Balaban J connectivity index is 1.55. The first-order valence-electron chi connectivity index (χ1n) is 8.67. The lowest BCUT2D eigenvalue weighted by Gasteiger charge is -2.08. The summed E-state index contributed by atoms with van der Waals surface area (Å²) in [6.45, 7) is 4.78. The number of amides is 1. The van der Waals surface area contributed by atoms with Gasteiger partial charge in [0.1, 0.15) is 5.56 Å². The van der Waals surface area contributed by atoms with Crippen LogP contribution in [-0.4, -0.2) is 31.0 Å². The van der Waals surface area contributed by atoms with E-state index >= 15 is 0 Å². The molecule has 0 radical (unpaired) electrons. The molecule has 0 spiro atoms. The first kappa shape index (κ1) is 17.5. The van der Waals surface area contributed by atoms with E-state index in [1.165, 1.54) is 18.0 Å². The fourth-order valence-electron chi connectivity index (χ4n) is 3.19. The lowest BCUT2D eigenvalue weighted by molar-refractivity contribution is 0.0948. The second-order valence-electron chi connectivity index (χ2n) is 6.34. The van der Waals surface area contributed by atoms with Gasteiger partial charge < -0.3 is 5.32 Å². The highest BCUT2D eigenvalue weighted by Crippen LogP contribution is 2.21. The summed E-state index contributed by atoms with van der Waals surface area (Å²) in [6.07, 6.45) is 1.37. The van der Waals surface area contributed by atoms with E-state index in [0.29, 0.717) is 18.2 Å². The van der Waals surface area contributed by atoms with Crippen molar-refractivity contribution in [3.63, 3.8) is 0 Å². The maximum absolute atomic E-state index is 12.5. The summed E-state index contributed by atoms with van der Waals surface area (Å²) in [4.78, 5) is 29.2. The van der Waals surface area contributed by atoms with E-state index in [9.17, 15) is 9.59 Å². The van der Waals surface area contributed by atoms with Crippen molar-refractivity contribution in [1.82, 2.24) is 24.6 Å². The van der Waals surface area contributed by atoms with E-state index in [1.54, 1.807) is 4.57 Å². The summed E-state index contributed by atoms with van der Waals surface area (Å²) in [5.41, 5.74) is 3.50. The van der Waals surface area contributed by atoms with E-state index < -0.39 is 5.91 Å². The molecule has 8 heteroatoms. The lowest BCUT2D eigenvalue weighted by Crippen LogP contribution is -2.33. The third kappa shape index (κ3) is 3.16. The molecule has 1 N–H and O–H groups in total. The predicted molar refractivity (Wildman–Crippen MR) is 103 cm³/mol. The Bertz CT molecular complexity index is 1070. The van der Waals surface area contributed by atoms with Gasteiger partial charge in [0.25, 0.3) is 11.5 Å². The van der Waals surface area contributed by atoms with Gasteiger partial charge in [0.2, 0.25) is 0 Å². The van der Waals surface area contributed by atoms with Crippen LogP contribution in [0.1, 0.15) is 27.3 Å². The number of thioether (sulfide) groups is 1. The van der Waals surface area contributed by atoms with Gasteiger partial charge in [-0.05, 0) is 26.0 Å². The number of carbonyl (C=O) groups excluding carboxylic acids is 1. The average Bonchev–Trinajstić information content (AvgIpc) is 3.26. The Hall–Kier alpha value is -2.87. The summed E-state index contributed by atoms with van der Waals surface area (Å²) >= 11 is 1.53. The molecule has 27 heavy (non-hydrogen) atoms. The number of aryl methyl sites for hydroxylation is 1. The molecule has 3 aromatic rings. The van der Waals surface area contributed by atoms with Crippen molar-refractivity contribution < 1.29 is 4.79 Å². The molecule has 1 aliphatic heterocycles. The molecule has 3 heterocycles. The fourth-order valence-corrected chi connectivity index (χ4v) is 4.10. The predicted octanol–water partition coefficient (Wildman–Crippen LogP) is 2.08. The largest absolute Gasteiger partial charge is 0.348 e. The Labute approximate surface area is 160 Å². The van der Waals surface area contributed by atoms with Crippen LogP contribution in [0.5, 0.6) is 0 Å². The zero-order chi connectivity index (χ0) is 19.0. The van der Waals surface area contributed by atoms with Crippen molar-refractivity contribution in [2.75, 3.05) is 5.75 Å². The van der Waals surface area contributed by atoms with Gasteiger partial charge in [0.15, 0.2) is 5.16 Å². The van der Waals surface area contributed by atoms with Crippen LogP contribution in [0, 0.1) is 13.8 Å². The van der Waals surface area contributed by atoms with Gasteiger partial charge in [-0.2, -0.15) is 5.10 Å². The number of hydrogen-bond donors (Lipinski definition) is 1. The number of fused-ring (bicyclic) bond motifs is 1. The maximum atomic E-state index is 12.5. The SMILES string of the molecule is Cc1nn(-c2ccccc2)c(C)c1CNC(=O)c1cnc2n(c1=O)CCS2. The molecule has 0 saturated heterocycles. The molecule has 0 saturated carbocycles. The van der Waals surface area contributed by atoms with Crippen LogP contribution in [0.15, 0.2) is 46.5 Å². The van der Waals surface area contributed by atoms with Gasteiger partial charge in [-0.15, -0.1) is 0 Å².